The highest BCUT2D eigenvalue weighted by Gasteiger charge is 1.91. The Morgan fingerprint density at radius 1 is 1.27 bits per heavy atom. The molecule has 0 fully saturated rings. The van der Waals surface area contributed by atoms with E-state index in [0.29, 0.717) is 0 Å². The molecule has 0 aliphatic carbocycles. The molecule has 0 bridgehead atoms. The van der Waals surface area contributed by atoms with Crippen LogP contribution in [0, 0.1) is 0 Å². The third-order valence-corrected chi connectivity index (χ3v) is 1.70. The topological polar surface area (TPSA) is 9.23 Å². The molecule has 0 saturated heterocycles. The largest absolute Gasteiger partial charge is 0.497 e. The molecule has 0 aliphatic heterocycles. The lowest BCUT2D eigenvalue weighted by Gasteiger charge is -2.00. The Labute approximate surface area is 71.0 Å². The fourth-order valence-electron chi connectivity index (χ4n) is 1.08. The van der Waals surface area contributed by atoms with E-state index < -0.39 is 0 Å². The summed E-state index contributed by atoms with van der Waals surface area (Å²) in [6, 6.07) is 8.24. The van der Waals surface area contributed by atoms with E-state index in [4.69, 9.17) is 4.74 Å². The van der Waals surface area contributed by atoms with Gasteiger partial charge in [-0.3, -0.25) is 0 Å². The van der Waals surface area contributed by atoms with Gasteiger partial charge in [0.25, 0.3) is 0 Å². The lowest BCUT2D eigenvalue weighted by atomic mass is 10.1. The van der Waals surface area contributed by atoms with Crippen LogP contribution in [0.1, 0.15) is 21.8 Å². The molecule has 0 atom stereocenters. The van der Waals surface area contributed by atoms with Gasteiger partial charge in [-0.2, -0.15) is 0 Å². The van der Waals surface area contributed by atoms with Crippen LogP contribution in [0.4, 0.5) is 0 Å². The van der Waals surface area contributed by atoms with Gasteiger partial charge >= 0.3 is 0 Å². The second-order valence-corrected chi connectivity index (χ2v) is 2.60. The van der Waals surface area contributed by atoms with Gasteiger partial charge in [-0.05, 0) is 24.1 Å². The van der Waals surface area contributed by atoms with E-state index in [0.717, 1.165) is 12.2 Å². The first-order valence-corrected chi connectivity index (χ1v) is 3.99. The highest BCUT2D eigenvalue weighted by molar-refractivity contribution is 5.27. The predicted molar refractivity (Wildman–Crippen MR) is 51.2 cm³/mol. The van der Waals surface area contributed by atoms with Crippen molar-refractivity contribution in [1.82, 2.24) is 0 Å². The SMILES string of the molecule is CCCc1ccc(OC)cc1.[HH].[HH]. The Balaban J connectivity index is 0. The van der Waals surface area contributed by atoms with E-state index >= 15 is 0 Å². The molecule has 1 rings (SSSR count). The van der Waals surface area contributed by atoms with Crippen molar-refractivity contribution in [2.45, 2.75) is 19.8 Å². The van der Waals surface area contributed by atoms with Crippen LogP contribution in [0.25, 0.3) is 0 Å². The molecule has 0 N–H and O–H groups in total. The minimum Gasteiger partial charge on any atom is -0.497 e. The van der Waals surface area contributed by atoms with E-state index in [9.17, 15) is 0 Å². The van der Waals surface area contributed by atoms with Crippen molar-refractivity contribution >= 4 is 0 Å². The van der Waals surface area contributed by atoms with Crippen LogP contribution in [0.5, 0.6) is 5.75 Å². The van der Waals surface area contributed by atoms with Gasteiger partial charge in [-0.1, -0.05) is 25.5 Å². The minimum atomic E-state index is 0. The van der Waals surface area contributed by atoms with Crippen LogP contribution in [0.3, 0.4) is 0 Å². The predicted octanol–water partition coefficient (Wildman–Crippen LogP) is 3.14. The van der Waals surface area contributed by atoms with Crippen molar-refractivity contribution in [3.63, 3.8) is 0 Å². The molecule has 1 aromatic rings. The van der Waals surface area contributed by atoms with Gasteiger partial charge in [0.15, 0.2) is 0 Å². The molecule has 11 heavy (non-hydrogen) atoms. The fraction of sp³-hybridized carbons (Fsp3) is 0.400. The molecule has 0 radical (unpaired) electrons. The molecule has 0 heterocycles. The number of methoxy groups -OCH3 is 1. The summed E-state index contributed by atoms with van der Waals surface area (Å²) in [5, 5.41) is 0. The van der Waals surface area contributed by atoms with Crippen LogP contribution in [0.15, 0.2) is 24.3 Å². The minimum absolute atomic E-state index is 0. The van der Waals surface area contributed by atoms with E-state index in [2.05, 4.69) is 19.1 Å². The van der Waals surface area contributed by atoms with Crippen molar-refractivity contribution in [2.24, 2.45) is 0 Å². The molecule has 0 unspecified atom stereocenters. The van der Waals surface area contributed by atoms with Gasteiger partial charge in [0.2, 0.25) is 0 Å². The molecule has 1 nitrogen and oxygen atoms in total. The second kappa shape index (κ2) is 4.02. The van der Waals surface area contributed by atoms with Crippen LogP contribution in [-0.2, 0) is 6.42 Å². The van der Waals surface area contributed by atoms with Gasteiger partial charge in [0.1, 0.15) is 5.75 Å². The first-order chi connectivity index (χ1) is 5.36. The number of hydrogen-bond acceptors (Lipinski definition) is 1. The Hall–Kier alpha value is -0.980. The van der Waals surface area contributed by atoms with E-state index in [1.807, 2.05) is 12.1 Å². The maximum absolute atomic E-state index is 5.05. The summed E-state index contributed by atoms with van der Waals surface area (Å²) < 4.78 is 5.05. The van der Waals surface area contributed by atoms with Crippen molar-refractivity contribution in [2.75, 3.05) is 7.11 Å². The van der Waals surface area contributed by atoms with Crippen LogP contribution < -0.4 is 4.74 Å². The monoisotopic (exact) mass is 154 g/mol. The van der Waals surface area contributed by atoms with Crippen LogP contribution >= 0.6 is 0 Å². The molecule has 1 heteroatoms. The lowest BCUT2D eigenvalue weighted by Crippen LogP contribution is -1.84. The molecular weight excluding hydrogens is 136 g/mol. The first kappa shape index (κ1) is 8.12. The zero-order valence-electron chi connectivity index (χ0n) is 7.13. The highest BCUT2D eigenvalue weighted by Crippen LogP contribution is 2.11. The van der Waals surface area contributed by atoms with Gasteiger partial charge in [-0.25, -0.2) is 0 Å². The zero-order chi connectivity index (χ0) is 8.10. The normalized spacial score (nSPS) is 9.64. The average molecular weight is 154 g/mol. The summed E-state index contributed by atoms with van der Waals surface area (Å²) in [7, 11) is 1.69. The third-order valence-electron chi connectivity index (χ3n) is 1.70. The molecule has 64 valence electrons. The summed E-state index contributed by atoms with van der Waals surface area (Å²) in [6.45, 7) is 2.18. The smallest absolute Gasteiger partial charge is 0.118 e. The summed E-state index contributed by atoms with van der Waals surface area (Å²) in [5.41, 5.74) is 1.38. The Morgan fingerprint density at radius 3 is 2.36 bits per heavy atom. The number of aryl methyl sites for hydroxylation is 1. The summed E-state index contributed by atoms with van der Waals surface area (Å²) in [4.78, 5) is 0. The van der Waals surface area contributed by atoms with Crippen LogP contribution in [0.2, 0.25) is 0 Å². The number of hydrogen-bond donors (Lipinski definition) is 0. The van der Waals surface area contributed by atoms with Gasteiger partial charge in [-0.15, -0.1) is 0 Å². The molecule has 0 aromatic heterocycles. The summed E-state index contributed by atoms with van der Waals surface area (Å²) in [5.74, 6) is 0.935. The molecule has 0 amide bonds. The van der Waals surface area contributed by atoms with E-state index in [-0.39, 0.29) is 2.85 Å². The second-order valence-electron chi connectivity index (χ2n) is 2.60. The maximum atomic E-state index is 5.05. The molecular formula is C10H18O. The number of benzene rings is 1. The van der Waals surface area contributed by atoms with Crippen molar-refractivity contribution in [3.05, 3.63) is 29.8 Å². The highest BCUT2D eigenvalue weighted by atomic mass is 16.5. The number of rotatable bonds is 3. The third kappa shape index (κ3) is 2.26. The Bertz CT molecular complexity index is 209. The lowest BCUT2D eigenvalue weighted by molar-refractivity contribution is 0.414. The van der Waals surface area contributed by atoms with E-state index in [1.54, 1.807) is 7.11 Å². The van der Waals surface area contributed by atoms with E-state index in [1.165, 1.54) is 12.0 Å². The number of ether oxygens (including phenoxy) is 1. The van der Waals surface area contributed by atoms with Crippen molar-refractivity contribution in [1.29, 1.82) is 0 Å². The molecule has 0 spiro atoms. The van der Waals surface area contributed by atoms with Crippen LogP contribution in [-0.4, -0.2) is 7.11 Å². The van der Waals surface area contributed by atoms with Gasteiger partial charge in [0.05, 0.1) is 7.11 Å². The standard InChI is InChI=1S/C10H14O.2H2/c1-3-4-9-5-7-10(11-2)8-6-9;;/h5-8H,3-4H2,1-2H3;2*1H. The first-order valence-electron chi connectivity index (χ1n) is 3.99. The van der Waals surface area contributed by atoms with Crippen molar-refractivity contribution in [3.8, 4) is 5.75 Å². The Morgan fingerprint density at radius 2 is 1.91 bits per heavy atom. The summed E-state index contributed by atoms with van der Waals surface area (Å²) >= 11 is 0. The maximum Gasteiger partial charge on any atom is 0.118 e. The summed E-state index contributed by atoms with van der Waals surface area (Å²) in [6.07, 6.45) is 2.36. The van der Waals surface area contributed by atoms with Gasteiger partial charge < -0.3 is 4.74 Å². The molecule has 0 saturated carbocycles. The Kier molecular flexibility index (Phi) is 2.96. The average Bonchev–Trinajstić information content (AvgIpc) is 2.07. The fourth-order valence-corrected chi connectivity index (χ4v) is 1.08. The zero-order valence-corrected chi connectivity index (χ0v) is 7.13. The quantitative estimate of drug-likeness (QED) is 0.650. The molecule has 1 aromatic carbocycles. The van der Waals surface area contributed by atoms with Gasteiger partial charge in [0, 0.05) is 2.85 Å². The van der Waals surface area contributed by atoms with Crippen molar-refractivity contribution < 1.29 is 7.59 Å². The molecule has 0 aliphatic rings.